The quantitative estimate of drug-likeness (QED) is 0.195. The maximum atomic E-state index is 8.03. The summed E-state index contributed by atoms with van der Waals surface area (Å²) in [5, 5.41) is 13.0. The molecule has 0 aliphatic rings. The maximum absolute atomic E-state index is 8.03. The van der Waals surface area contributed by atoms with Crippen molar-refractivity contribution in [2.75, 3.05) is 0 Å². The largest absolute Gasteiger partial charge is 0.309 e. The van der Waals surface area contributed by atoms with E-state index in [2.05, 4.69) is 129 Å². The molecule has 1 N–H and O–H groups in total. The molecule has 8 rings (SSSR count). The number of allylic oxidation sites excluding steroid dienone is 1. The van der Waals surface area contributed by atoms with Gasteiger partial charge in [-0.05, 0) is 59.7 Å². The van der Waals surface area contributed by atoms with Gasteiger partial charge in [0.2, 0.25) is 0 Å². The molecule has 0 spiro atoms. The first kappa shape index (κ1) is 25.7. The normalized spacial score (nSPS) is 12.2. The highest BCUT2D eigenvalue weighted by Gasteiger charge is 2.18. The van der Waals surface area contributed by atoms with E-state index in [0.717, 1.165) is 39.1 Å². The molecule has 6 aromatic carbocycles. The third-order valence-corrected chi connectivity index (χ3v) is 8.33. The number of aliphatic imine (C=N–C) groups is 1. The summed E-state index contributed by atoms with van der Waals surface area (Å²) in [5.41, 5.74) is 9.62. The first-order valence-electron chi connectivity index (χ1n) is 14.7. The number of fused-ring (bicyclic) bond motifs is 6. The Morgan fingerprint density at radius 3 is 1.61 bits per heavy atom. The van der Waals surface area contributed by atoms with Crippen LogP contribution < -0.4 is 0 Å². The van der Waals surface area contributed by atoms with Crippen LogP contribution in [0.2, 0.25) is 0 Å². The van der Waals surface area contributed by atoms with Crippen LogP contribution in [0.15, 0.2) is 157 Å². The lowest BCUT2D eigenvalue weighted by Gasteiger charge is -2.11. The molecule has 0 bridgehead atoms. The van der Waals surface area contributed by atoms with E-state index in [-0.39, 0.29) is 0 Å². The molecule has 2 heterocycles. The highest BCUT2D eigenvalue weighted by molar-refractivity contribution is 6.19. The maximum Gasteiger partial charge on any atom is 0.0562 e. The number of benzene rings is 6. The lowest BCUT2D eigenvalue weighted by molar-refractivity contribution is 1.16. The second-order valence-electron chi connectivity index (χ2n) is 10.9. The van der Waals surface area contributed by atoms with E-state index in [1.54, 1.807) is 6.20 Å². The lowest BCUT2D eigenvalue weighted by atomic mass is 10.1. The smallest absolute Gasteiger partial charge is 0.0562 e. The van der Waals surface area contributed by atoms with Crippen LogP contribution in [0.1, 0.15) is 11.1 Å². The monoisotopic (exact) mass is 564 g/mol. The van der Waals surface area contributed by atoms with Crippen molar-refractivity contribution in [2.24, 2.45) is 4.99 Å². The summed E-state index contributed by atoms with van der Waals surface area (Å²) in [4.78, 5) is 4.48. The summed E-state index contributed by atoms with van der Waals surface area (Å²) in [5.74, 6) is 0. The van der Waals surface area contributed by atoms with E-state index in [0.29, 0.717) is 0 Å². The molecule has 0 aliphatic carbocycles. The highest BCUT2D eigenvalue weighted by atomic mass is 15.0. The van der Waals surface area contributed by atoms with Crippen molar-refractivity contribution in [1.29, 1.82) is 5.41 Å². The van der Waals surface area contributed by atoms with Gasteiger partial charge in [-0.2, -0.15) is 0 Å². The van der Waals surface area contributed by atoms with Gasteiger partial charge in [-0.3, -0.25) is 4.99 Å². The van der Waals surface area contributed by atoms with Crippen LogP contribution in [-0.2, 0) is 0 Å². The second-order valence-corrected chi connectivity index (χ2v) is 10.9. The Bertz CT molecular complexity index is 2370. The van der Waals surface area contributed by atoms with Crippen molar-refractivity contribution in [2.45, 2.75) is 0 Å². The zero-order chi connectivity index (χ0) is 29.5. The van der Waals surface area contributed by atoms with Gasteiger partial charge < -0.3 is 14.5 Å². The first-order valence-corrected chi connectivity index (χ1v) is 14.7. The molecule has 2 aromatic heterocycles. The summed E-state index contributed by atoms with van der Waals surface area (Å²) in [6.45, 7) is 0. The molecule has 8 aromatic rings. The number of para-hydroxylation sites is 3. The van der Waals surface area contributed by atoms with E-state index in [1.807, 2.05) is 36.5 Å². The molecule has 4 nitrogen and oxygen atoms in total. The van der Waals surface area contributed by atoms with E-state index >= 15 is 0 Å². The van der Waals surface area contributed by atoms with Gasteiger partial charge in [0.1, 0.15) is 0 Å². The minimum Gasteiger partial charge on any atom is -0.309 e. The molecule has 0 unspecified atom stereocenters. The molecular weight excluding hydrogens is 536 g/mol. The van der Waals surface area contributed by atoms with Crippen molar-refractivity contribution in [3.63, 3.8) is 0 Å². The van der Waals surface area contributed by atoms with Gasteiger partial charge in [0.15, 0.2) is 0 Å². The Hall–Kier alpha value is -6.00. The number of nitrogens with zero attached hydrogens (tertiary/aromatic N) is 3. The number of aromatic nitrogens is 2. The number of nitrogens with one attached hydrogen (secondary N) is 1. The fourth-order valence-electron chi connectivity index (χ4n) is 6.31. The van der Waals surface area contributed by atoms with Crippen LogP contribution in [0, 0.1) is 5.41 Å². The third kappa shape index (κ3) is 4.24. The van der Waals surface area contributed by atoms with Gasteiger partial charge in [0, 0.05) is 57.1 Å². The van der Waals surface area contributed by atoms with E-state index in [4.69, 9.17) is 5.41 Å². The van der Waals surface area contributed by atoms with Crippen LogP contribution >= 0.6 is 0 Å². The molecule has 0 radical (unpaired) electrons. The van der Waals surface area contributed by atoms with Gasteiger partial charge in [-0.25, -0.2) is 0 Å². The van der Waals surface area contributed by atoms with Crippen molar-refractivity contribution in [3.8, 4) is 11.4 Å². The lowest BCUT2D eigenvalue weighted by Crippen LogP contribution is -1.96. The van der Waals surface area contributed by atoms with Gasteiger partial charge in [0.05, 0.1) is 22.1 Å². The minimum atomic E-state index is 0.750. The standard InChI is InChI=1S/C40H28N4/c41-25-30(27-42-26-28-11-3-1-4-12-28)29-19-21-32(22-20-29)44-38-18-10-8-16-34(38)36-23-35-33-15-7-9-17-37(33)43(39(35)24-40(36)44)31-13-5-2-6-14-31/h1-27,41H/b30-27+,41-25?,42-26+. The van der Waals surface area contributed by atoms with E-state index in [9.17, 15) is 0 Å². The van der Waals surface area contributed by atoms with Gasteiger partial charge >= 0.3 is 0 Å². The van der Waals surface area contributed by atoms with Crippen molar-refractivity contribution in [3.05, 3.63) is 163 Å². The topological polar surface area (TPSA) is 46.1 Å². The third-order valence-electron chi connectivity index (χ3n) is 8.33. The number of hydrogen-bond acceptors (Lipinski definition) is 2. The van der Waals surface area contributed by atoms with E-state index in [1.165, 1.54) is 38.8 Å². The summed E-state index contributed by atoms with van der Waals surface area (Å²) in [6, 6.07) is 51.0. The SMILES string of the molecule is N=C/C(=C\N=C\c1ccccc1)c1ccc(-n2c3ccccc3c3cc4c5ccccc5n(-c5ccccc5)c4cc32)cc1. The summed E-state index contributed by atoms with van der Waals surface area (Å²) < 4.78 is 4.72. The highest BCUT2D eigenvalue weighted by Crippen LogP contribution is 2.39. The average molecular weight is 565 g/mol. The Balaban J connectivity index is 1.30. The van der Waals surface area contributed by atoms with Crippen LogP contribution in [0.3, 0.4) is 0 Å². The zero-order valence-corrected chi connectivity index (χ0v) is 23.9. The zero-order valence-electron chi connectivity index (χ0n) is 23.9. The predicted octanol–water partition coefficient (Wildman–Crippen LogP) is 9.99. The first-order chi connectivity index (χ1) is 21.8. The predicted molar refractivity (Wildman–Crippen MR) is 186 cm³/mol. The molecule has 0 amide bonds. The van der Waals surface area contributed by atoms with Crippen LogP contribution in [-0.4, -0.2) is 21.6 Å². The summed E-state index contributed by atoms with van der Waals surface area (Å²) in [7, 11) is 0. The van der Waals surface area contributed by atoms with Crippen molar-refractivity contribution < 1.29 is 0 Å². The Morgan fingerprint density at radius 2 is 1.02 bits per heavy atom. The second kappa shape index (κ2) is 10.7. The average Bonchev–Trinajstić information content (AvgIpc) is 3.59. The summed E-state index contributed by atoms with van der Waals surface area (Å²) >= 11 is 0. The molecule has 44 heavy (non-hydrogen) atoms. The van der Waals surface area contributed by atoms with Crippen LogP contribution in [0.5, 0.6) is 0 Å². The molecule has 0 saturated heterocycles. The number of rotatable bonds is 6. The van der Waals surface area contributed by atoms with Crippen molar-refractivity contribution >= 4 is 61.6 Å². The Kier molecular flexibility index (Phi) is 6.24. The molecule has 0 atom stereocenters. The van der Waals surface area contributed by atoms with Gasteiger partial charge in [-0.1, -0.05) is 97.1 Å². The molecular formula is C40H28N4. The fraction of sp³-hybridized carbons (Fsp3) is 0. The minimum absolute atomic E-state index is 0.750. The Morgan fingerprint density at radius 1 is 0.500 bits per heavy atom. The van der Waals surface area contributed by atoms with Gasteiger partial charge in [-0.15, -0.1) is 0 Å². The molecule has 208 valence electrons. The molecule has 4 heteroatoms. The van der Waals surface area contributed by atoms with E-state index < -0.39 is 0 Å². The molecule has 0 aliphatic heterocycles. The Labute approximate surface area is 255 Å². The molecule has 0 fully saturated rings. The summed E-state index contributed by atoms with van der Waals surface area (Å²) in [6.07, 6.45) is 4.91. The van der Waals surface area contributed by atoms with Crippen LogP contribution in [0.4, 0.5) is 0 Å². The van der Waals surface area contributed by atoms with Gasteiger partial charge in [0.25, 0.3) is 0 Å². The fourth-order valence-corrected chi connectivity index (χ4v) is 6.31. The van der Waals surface area contributed by atoms with Crippen LogP contribution in [0.25, 0.3) is 60.6 Å². The number of hydrogen-bond donors (Lipinski definition) is 1. The molecule has 0 saturated carbocycles. The van der Waals surface area contributed by atoms with Crippen molar-refractivity contribution in [1.82, 2.24) is 9.13 Å².